The molecule has 1 saturated carbocycles. The molecule has 5 atom stereocenters. The van der Waals surface area contributed by atoms with Crippen LogP contribution in [0.4, 0.5) is 5.69 Å². The minimum atomic E-state index is -1.19. The molecule has 1 fully saturated rings. The molecule has 2 unspecified atom stereocenters. The molecule has 1 aliphatic carbocycles. The van der Waals surface area contributed by atoms with Gasteiger partial charge in [0.15, 0.2) is 23.4 Å². The van der Waals surface area contributed by atoms with Crippen molar-refractivity contribution in [2.24, 2.45) is 11.8 Å². The molecule has 4 aliphatic heterocycles. The summed E-state index contributed by atoms with van der Waals surface area (Å²) in [6.07, 6.45) is 6.65. The number of nitrogens with zero attached hydrogens (tertiary/aromatic N) is 2. The van der Waals surface area contributed by atoms with Crippen molar-refractivity contribution in [1.29, 1.82) is 0 Å². The van der Waals surface area contributed by atoms with Crippen LogP contribution in [0, 0.1) is 11.8 Å². The van der Waals surface area contributed by atoms with Crippen molar-refractivity contribution in [3.8, 4) is 39.8 Å². The molecule has 12 nitrogen and oxygen atoms in total. The third-order valence-corrected chi connectivity index (χ3v) is 12.5. The van der Waals surface area contributed by atoms with Crippen LogP contribution in [0.5, 0.6) is 5.75 Å². The van der Waals surface area contributed by atoms with E-state index in [1.54, 1.807) is 6.20 Å². The van der Waals surface area contributed by atoms with Gasteiger partial charge in [0, 0.05) is 51.5 Å². The van der Waals surface area contributed by atoms with Gasteiger partial charge in [-0.2, -0.15) is 0 Å². The number of para-hydroxylation sites is 1. The summed E-state index contributed by atoms with van der Waals surface area (Å²) in [7, 11) is 0. The van der Waals surface area contributed by atoms with Gasteiger partial charge in [0.05, 0.1) is 6.20 Å². The summed E-state index contributed by atoms with van der Waals surface area (Å²) in [5.41, 5.74) is 6.70. The molecule has 7 heterocycles. The van der Waals surface area contributed by atoms with Crippen molar-refractivity contribution in [3.05, 3.63) is 95.3 Å². The van der Waals surface area contributed by atoms with E-state index in [0.717, 1.165) is 82.1 Å². The maximum Gasteiger partial charge on any atom is 0.249 e. The topological polar surface area (TPSA) is 168 Å². The molecule has 0 radical (unpaired) electrons. The second-order valence-corrected chi connectivity index (χ2v) is 16.0. The number of carbonyl (C=O) groups is 2. The van der Waals surface area contributed by atoms with Crippen LogP contribution in [0.3, 0.4) is 0 Å². The van der Waals surface area contributed by atoms with Gasteiger partial charge in [-0.1, -0.05) is 75.6 Å². The lowest BCUT2D eigenvalue weighted by Crippen LogP contribution is -2.53. The summed E-state index contributed by atoms with van der Waals surface area (Å²) in [5.74, 6) is 1.06. The fraction of sp³-hybridized carbons (Fsp3) is 0.349. The van der Waals surface area contributed by atoms with Gasteiger partial charge in [0.25, 0.3) is 0 Å². The molecule has 2 amide bonds. The fourth-order valence-corrected chi connectivity index (χ4v) is 9.78. The summed E-state index contributed by atoms with van der Waals surface area (Å²) in [4.78, 5) is 41.4. The maximum absolute atomic E-state index is 14.3. The highest BCUT2D eigenvalue weighted by Gasteiger charge is 2.61. The van der Waals surface area contributed by atoms with E-state index in [0.29, 0.717) is 23.0 Å². The number of hydrogen-bond donors (Lipinski definition) is 5. The van der Waals surface area contributed by atoms with Gasteiger partial charge in [-0.25, -0.2) is 9.97 Å². The number of fused-ring (bicyclic) bond motifs is 7. The zero-order chi connectivity index (χ0) is 37.2. The predicted molar refractivity (Wildman–Crippen MR) is 203 cm³/mol. The molecule has 3 aromatic heterocycles. The number of nitrogens with one attached hydrogen (secondary N) is 4. The lowest BCUT2D eigenvalue weighted by Gasteiger charge is -2.30. The van der Waals surface area contributed by atoms with Gasteiger partial charge in [0.1, 0.15) is 29.4 Å². The average molecular weight is 737 g/mol. The number of ether oxygens (including phenoxy) is 1. The second-order valence-electron chi connectivity index (χ2n) is 16.0. The van der Waals surface area contributed by atoms with Gasteiger partial charge in [0.2, 0.25) is 23.6 Å². The number of anilines is 1. The van der Waals surface area contributed by atoms with E-state index in [1.807, 2.05) is 44.3 Å². The zero-order valence-electron chi connectivity index (χ0n) is 30.4. The molecule has 3 aromatic carbocycles. The summed E-state index contributed by atoms with van der Waals surface area (Å²) < 4.78 is 20.5. The van der Waals surface area contributed by atoms with Crippen molar-refractivity contribution < 1.29 is 28.3 Å². The third-order valence-electron chi connectivity index (χ3n) is 12.5. The highest BCUT2D eigenvalue weighted by Crippen LogP contribution is 2.61. The molecule has 10 bridgehead atoms. The Labute approximate surface area is 316 Å². The van der Waals surface area contributed by atoms with Crippen molar-refractivity contribution in [1.82, 2.24) is 25.6 Å². The Morgan fingerprint density at radius 3 is 2.67 bits per heavy atom. The van der Waals surface area contributed by atoms with Crippen LogP contribution < -0.4 is 20.7 Å². The van der Waals surface area contributed by atoms with Gasteiger partial charge in [-0.15, -0.1) is 0 Å². The van der Waals surface area contributed by atoms with Gasteiger partial charge < -0.3 is 39.6 Å². The second kappa shape index (κ2) is 11.8. The molecule has 1 spiro atoms. The van der Waals surface area contributed by atoms with E-state index in [1.165, 1.54) is 0 Å². The van der Waals surface area contributed by atoms with Crippen LogP contribution in [0.25, 0.3) is 44.9 Å². The van der Waals surface area contributed by atoms with Crippen molar-refractivity contribution in [2.75, 3.05) is 5.32 Å². The number of aliphatic hydroxyl groups is 1. The van der Waals surface area contributed by atoms with Crippen LogP contribution in [-0.2, 0) is 21.4 Å². The van der Waals surface area contributed by atoms with Crippen molar-refractivity contribution in [2.45, 2.75) is 82.2 Å². The van der Waals surface area contributed by atoms with E-state index >= 15 is 0 Å². The minimum Gasteiger partial charge on any atom is -0.469 e. The Kier molecular flexibility index (Phi) is 6.99. The number of carbonyl (C=O) groups excluding carboxylic acids is 2. The lowest BCUT2D eigenvalue weighted by atomic mass is 9.72. The maximum atomic E-state index is 14.3. The number of aromatic nitrogens is 3. The number of amides is 2. The van der Waals surface area contributed by atoms with E-state index in [-0.39, 0.29) is 30.0 Å². The normalized spacial score (nSPS) is 23.9. The van der Waals surface area contributed by atoms with E-state index < -0.39 is 41.6 Å². The van der Waals surface area contributed by atoms with Crippen LogP contribution >= 0.6 is 0 Å². The predicted octanol–water partition coefficient (Wildman–Crippen LogP) is 6.73. The smallest absolute Gasteiger partial charge is 0.249 e. The lowest BCUT2D eigenvalue weighted by molar-refractivity contribution is -0.137. The number of aromatic amines is 1. The molecule has 5 N–H and O–H groups in total. The van der Waals surface area contributed by atoms with Crippen molar-refractivity contribution >= 4 is 28.4 Å². The standard InChI is InChI=1S/C43H40N6O6/c1-20(2)33-41-48-35-37(55-41)43-26-12-6-11-24(23-10-7-13-28-32(23)25(18-44-28)31-19-45-40(35)53-31)34(26)49-42(43)54-30-15-14-21(16-27(30)43)17-29(38(51)47-33)46-39(52)36(50)22-8-4-3-5-9-22/h6-7,10-16,18-20,22,29,33,36,42,44,49-50H,3-5,8-9,17H2,1-2H3,(H,46,52)(H,47,51)/t29-,33-,36-,42?,43?/m0/s1. The summed E-state index contributed by atoms with van der Waals surface area (Å²) in [6.45, 7) is 3.97. The first-order chi connectivity index (χ1) is 26.8. The average Bonchev–Trinajstić information content (AvgIpc) is 4.02. The first-order valence-electron chi connectivity index (χ1n) is 19.4. The molecule has 12 heteroatoms. The first kappa shape index (κ1) is 32.5. The van der Waals surface area contributed by atoms with E-state index in [4.69, 9.17) is 23.5 Å². The largest absolute Gasteiger partial charge is 0.469 e. The first-order valence-corrected chi connectivity index (χ1v) is 19.4. The highest BCUT2D eigenvalue weighted by molar-refractivity contribution is 6.07. The monoisotopic (exact) mass is 736 g/mol. The van der Waals surface area contributed by atoms with Crippen LogP contribution in [-0.4, -0.2) is 50.2 Å². The van der Waals surface area contributed by atoms with Gasteiger partial charge in [-0.05, 0) is 47.9 Å². The SMILES string of the molecule is CC(C)[C@@H]1NC(=O)[C@@H](NC(=O)[C@@H](O)C2CCCCC2)Cc2ccc3c(c2)C24c5cccc(c5NC2O3)-c2cccc3[nH]cc(c23)-c2cnc(o2)-c2nc1oc24. The number of rotatable bonds is 4. The quantitative estimate of drug-likeness (QED) is 0.132. The Hall–Kier alpha value is -5.88. The molecular formula is C43H40N6O6. The minimum absolute atomic E-state index is 0.133. The molecule has 0 saturated heterocycles. The van der Waals surface area contributed by atoms with E-state index in [2.05, 4.69) is 51.3 Å². The Morgan fingerprint density at radius 2 is 1.82 bits per heavy atom. The Balaban J connectivity index is 1.15. The molecule has 278 valence electrons. The fourth-order valence-electron chi connectivity index (χ4n) is 9.78. The van der Waals surface area contributed by atoms with Gasteiger partial charge >= 0.3 is 0 Å². The third kappa shape index (κ3) is 4.60. The summed E-state index contributed by atoms with van der Waals surface area (Å²) in [5, 5.41) is 22.1. The number of oxazole rings is 2. The highest BCUT2D eigenvalue weighted by atomic mass is 16.5. The number of benzene rings is 3. The van der Waals surface area contributed by atoms with Crippen LogP contribution in [0.15, 0.2) is 75.8 Å². The van der Waals surface area contributed by atoms with E-state index in [9.17, 15) is 14.7 Å². The molecule has 11 rings (SSSR count). The van der Waals surface area contributed by atoms with Crippen LogP contribution in [0.2, 0.25) is 0 Å². The molecule has 5 aliphatic rings. The number of H-pyrrole nitrogens is 1. The zero-order valence-corrected chi connectivity index (χ0v) is 30.4. The van der Waals surface area contributed by atoms with Crippen LogP contribution in [0.1, 0.15) is 80.3 Å². The number of hydrogen-bond acceptors (Lipinski definition) is 9. The summed E-state index contributed by atoms with van der Waals surface area (Å²) >= 11 is 0. The Bertz CT molecular complexity index is 2560. The van der Waals surface area contributed by atoms with Crippen molar-refractivity contribution in [3.63, 3.8) is 0 Å². The number of aliphatic hydroxyl groups excluding tert-OH is 1. The molecular weight excluding hydrogens is 697 g/mol. The van der Waals surface area contributed by atoms with Gasteiger partial charge in [-0.3, -0.25) is 9.59 Å². The Morgan fingerprint density at radius 1 is 0.982 bits per heavy atom. The molecule has 55 heavy (non-hydrogen) atoms. The summed E-state index contributed by atoms with van der Waals surface area (Å²) in [6, 6.07) is 16.7. The molecule has 6 aromatic rings.